The summed E-state index contributed by atoms with van der Waals surface area (Å²) in [7, 11) is 0. The average molecular weight is 343 g/mol. The Kier molecular flexibility index (Phi) is 4.97. The van der Waals surface area contributed by atoms with Crippen LogP contribution >= 0.6 is 11.6 Å². The Balaban J connectivity index is 2.33. The lowest BCUT2D eigenvalue weighted by molar-refractivity contribution is -0.694. The van der Waals surface area contributed by atoms with Crippen LogP contribution in [0.15, 0.2) is 53.3 Å². The molecule has 0 spiro atoms. The number of benzene rings is 2. The van der Waals surface area contributed by atoms with Gasteiger partial charge < -0.3 is 5.32 Å². The molecule has 4 nitrogen and oxygen atoms in total. The number of quaternary nitrogens is 1. The Morgan fingerprint density at radius 2 is 1.83 bits per heavy atom. The molecule has 1 atom stereocenters. The van der Waals surface area contributed by atoms with Crippen LogP contribution in [0.3, 0.4) is 0 Å². The summed E-state index contributed by atoms with van der Waals surface area (Å²) in [5, 5.41) is 3.49. The van der Waals surface area contributed by atoms with E-state index in [9.17, 15) is 4.79 Å². The van der Waals surface area contributed by atoms with Crippen LogP contribution in [0.4, 0.5) is 0 Å². The Morgan fingerprint density at radius 1 is 1.12 bits per heavy atom. The number of aromatic nitrogens is 2. The van der Waals surface area contributed by atoms with Gasteiger partial charge in [0.05, 0.1) is 23.1 Å². The summed E-state index contributed by atoms with van der Waals surface area (Å²) >= 11 is 6.00. The van der Waals surface area contributed by atoms with Crippen molar-refractivity contribution >= 4 is 22.5 Å². The van der Waals surface area contributed by atoms with Crippen molar-refractivity contribution in [1.29, 1.82) is 0 Å². The van der Waals surface area contributed by atoms with Crippen LogP contribution in [0.1, 0.15) is 32.1 Å². The van der Waals surface area contributed by atoms with E-state index in [1.54, 1.807) is 16.7 Å². The van der Waals surface area contributed by atoms with Crippen LogP contribution in [0.5, 0.6) is 0 Å². The molecule has 0 saturated carbocycles. The van der Waals surface area contributed by atoms with Gasteiger partial charge in [0.2, 0.25) is 0 Å². The number of nitrogens with zero attached hydrogens (tertiary/aromatic N) is 2. The molecule has 0 radical (unpaired) electrons. The fourth-order valence-electron chi connectivity index (χ4n) is 2.98. The smallest absolute Gasteiger partial charge is 0.266 e. The highest BCUT2D eigenvalue weighted by molar-refractivity contribution is 6.30. The molecule has 2 N–H and O–H groups in total. The zero-order valence-electron chi connectivity index (χ0n) is 13.9. The van der Waals surface area contributed by atoms with Crippen LogP contribution in [0.25, 0.3) is 16.6 Å². The minimum absolute atomic E-state index is 0.0409. The van der Waals surface area contributed by atoms with E-state index >= 15 is 0 Å². The van der Waals surface area contributed by atoms with Crippen LogP contribution in [0.2, 0.25) is 5.02 Å². The molecule has 3 aromatic rings. The SMILES string of the molecule is CC[NH2+][C@H](CC)c1nc2ccccc2c(=O)n1-c1ccc(Cl)cc1. The zero-order chi connectivity index (χ0) is 17.1. The predicted octanol–water partition coefficient (Wildman–Crippen LogP) is 3.07. The van der Waals surface area contributed by atoms with Gasteiger partial charge in [0.1, 0.15) is 6.04 Å². The molecule has 0 amide bonds. The van der Waals surface area contributed by atoms with E-state index in [4.69, 9.17) is 16.6 Å². The summed E-state index contributed by atoms with van der Waals surface area (Å²) in [5.41, 5.74) is 1.49. The number of hydrogen-bond acceptors (Lipinski definition) is 2. The topological polar surface area (TPSA) is 51.5 Å². The van der Waals surface area contributed by atoms with Crippen molar-refractivity contribution in [3.8, 4) is 5.69 Å². The summed E-state index contributed by atoms with van der Waals surface area (Å²) in [6, 6.07) is 15.0. The van der Waals surface area contributed by atoms with Gasteiger partial charge in [-0.15, -0.1) is 0 Å². The normalized spacial score (nSPS) is 12.5. The minimum Gasteiger partial charge on any atom is -0.338 e. The molecule has 0 fully saturated rings. The second-order valence-corrected chi connectivity index (χ2v) is 6.20. The summed E-state index contributed by atoms with van der Waals surface area (Å²) < 4.78 is 1.72. The maximum absolute atomic E-state index is 13.1. The van der Waals surface area contributed by atoms with Gasteiger partial charge >= 0.3 is 0 Å². The minimum atomic E-state index is -0.0409. The first-order valence-electron chi connectivity index (χ1n) is 8.26. The highest BCUT2D eigenvalue weighted by Gasteiger charge is 2.21. The van der Waals surface area contributed by atoms with E-state index in [0.717, 1.165) is 30.0 Å². The third kappa shape index (κ3) is 3.07. The maximum atomic E-state index is 13.1. The molecule has 5 heteroatoms. The van der Waals surface area contributed by atoms with Crippen molar-refractivity contribution < 1.29 is 5.32 Å². The average Bonchev–Trinajstić information content (AvgIpc) is 2.61. The first-order chi connectivity index (χ1) is 11.7. The van der Waals surface area contributed by atoms with Crippen molar-refractivity contribution in [2.45, 2.75) is 26.3 Å². The molecule has 3 rings (SSSR count). The molecule has 2 aromatic carbocycles. The monoisotopic (exact) mass is 342 g/mol. The van der Waals surface area contributed by atoms with E-state index in [1.807, 2.05) is 36.4 Å². The Morgan fingerprint density at radius 3 is 2.50 bits per heavy atom. The molecule has 0 saturated heterocycles. The molecule has 0 bridgehead atoms. The van der Waals surface area contributed by atoms with Gasteiger partial charge in [-0.3, -0.25) is 9.36 Å². The number of nitrogens with two attached hydrogens (primary N) is 1. The highest BCUT2D eigenvalue weighted by atomic mass is 35.5. The van der Waals surface area contributed by atoms with E-state index in [0.29, 0.717) is 10.4 Å². The van der Waals surface area contributed by atoms with Crippen LogP contribution in [0, 0.1) is 0 Å². The molecular formula is C19H21ClN3O+. The molecule has 0 aliphatic carbocycles. The molecule has 0 aliphatic heterocycles. The van der Waals surface area contributed by atoms with Gasteiger partial charge in [-0.2, -0.15) is 0 Å². The Bertz CT molecular complexity index is 903. The molecule has 24 heavy (non-hydrogen) atoms. The van der Waals surface area contributed by atoms with Gasteiger partial charge in [0.15, 0.2) is 5.82 Å². The van der Waals surface area contributed by atoms with Gasteiger partial charge in [-0.05, 0) is 43.3 Å². The largest absolute Gasteiger partial charge is 0.338 e. The molecule has 124 valence electrons. The van der Waals surface area contributed by atoms with Gasteiger partial charge in [-0.1, -0.05) is 30.7 Å². The third-order valence-electron chi connectivity index (χ3n) is 4.18. The summed E-state index contributed by atoms with van der Waals surface area (Å²) in [5.74, 6) is 0.783. The molecular weight excluding hydrogens is 322 g/mol. The summed E-state index contributed by atoms with van der Waals surface area (Å²) in [4.78, 5) is 18.0. The van der Waals surface area contributed by atoms with E-state index in [2.05, 4.69) is 19.2 Å². The maximum Gasteiger partial charge on any atom is 0.266 e. The fourth-order valence-corrected chi connectivity index (χ4v) is 3.10. The second kappa shape index (κ2) is 7.16. The first-order valence-corrected chi connectivity index (χ1v) is 8.64. The number of hydrogen-bond donors (Lipinski definition) is 1. The standard InChI is InChI=1S/C19H20ClN3O/c1-3-16(21-4-2)18-22-17-8-6-5-7-15(17)19(24)23(18)14-11-9-13(20)10-12-14/h5-12,16,21H,3-4H2,1-2H3/p+1/t16-/m1/s1. The predicted molar refractivity (Wildman–Crippen MR) is 97.8 cm³/mol. The van der Waals surface area contributed by atoms with Crippen molar-refractivity contribution in [2.75, 3.05) is 6.54 Å². The van der Waals surface area contributed by atoms with Crippen molar-refractivity contribution in [1.82, 2.24) is 9.55 Å². The number of rotatable bonds is 5. The Hall–Kier alpha value is -2.17. The summed E-state index contributed by atoms with van der Waals surface area (Å²) in [6.45, 7) is 5.15. The molecule has 0 unspecified atom stereocenters. The van der Waals surface area contributed by atoms with Crippen LogP contribution in [-0.2, 0) is 0 Å². The Labute approximate surface area is 146 Å². The number of fused-ring (bicyclic) bond motifs is 1. The molecule has 1 heterocycles. The first kappa shape index (κ1) is 16.7. The van der Waals surface area contributed by atoms with Crippen molar-refractivity contribution in [2.24, 2.45) is 0 Å². The van der Waals surface area contributed by atoms with E-state index in [1.165, 1.54) is 0 Å². The van der Waals surface area contributed by atoms with Crippen LogP contribution in [-0.4, -0.2) is 16.1 Å². The zero-order valence-corrected chi connectivity index (χ0v) is 14.6. The highest BCUT2D eigenvalue weighted by Crippen LogP contribution is 2.19. The van der Waals surface area contributed by atoms with Gasteiger partial charge in [-0.25, -0.2) is 4.98 Å². The van der Waals surface area contributed by atoms with E-state index in [-0.39, 0.29) is 11.6 Å². The quantitative estimate of drug-likeness (QED) is 0.774. The van der Waals surface area contributed by atoms with Crippen molar-refractivity contribution in [3.63, 3.8) is 0 Å². The molecule has 0 aliphatic rings. The number of para-hydroxylation sites is 1. The van der Waals surface area contributed by atoms with E-state index < -0.39 is 0 Å². The fraction of sp³-hybridized carbons (Fsp3) is 0.263. The van der Waals surface area contributed by atoms with Crippen LogP contribution < -0.4 is 10.9 Å². The van der Waals surface area contributed by atoms with Gasteiger partial charge in [0, 0.05) is 11.4 Å². The lowest BCUT2D eigenvalue weighted by Crippen LogP contribution is -2.85. The molecule has 1 aromatic heterocycles. The lowest BCUT2D eigenvalue weighted by Gasteiger charge is -2.19. The number of halogens is 1. The summed E-state index contributed by atoms with van der Waals surface area (Å²) in [6.07, 6.45) is 0.895. The van der Waals surface area contributed by atoms with Crippen molar-refractivity contribution in [3.05, 3.63) is 69.7 Å². The third-order valence-corrected chi connectivity index (χ3v) is 4.43. The second-order valence-electron chi connectivity index (χ2n) is 5.76. The lowest BCUT2D eigenvalue weighted by atomic mass is 10.1. The van der Waals surface area contributed by atoms with Gasteiger partial charge in [0.25, 0.3) is 5.56 Å².